The lowest BCUT2D eigenvalue weighted by Crippen LogP contribution is -1.93. The Kier molecular flexibility index (Phi) is 7.69. The van der Waals surface area contributed by atoms with Crippen LogP contribution in [0.3, 0.4) is 0 Å². The van der Waals surface area contributed by atoms with Crippen molar-refractivity contribution in [3.05, 3.63) is 94.1 Å². The van der Waals surface area contributed by atoms with Gasteiger partial charge in [-0.15, -0.1) is 0 Å². The zero-order valence-corrected chi connectivity index (χ0v) is 20.3. The molecule has 0 fully saturated rings. The molecule has 1 nitrogen and oxygen atoms in total. The fraction of sp³-hybridized carbons (Fsp3) is 0.258. The lowest BCUT2D eigenvalue weighted by molar-refractivity contribution is 0.717. The van der Waals surface area contributed by atoms with E-state index in [9.17, 15) is 0 Å². The van der Waals surface area contributed by atoms with Gasteiger partial charge in [-0.3, -0.25) is 0 Å². The number of aryl methyl sites for hydroxylation is 2. The van der Waals surface area contributed by atoms with Crippen molar-refractivity contribution < 1.29 is 0 Å². The first-order valence-electron chi connectivity index (χ1n) is 11.9. The van der Waals surface area contributed by atoms with Crippen LogP contribution in [-0.2, 0) is 19.3 Å². The molecule has 0 saturated carbocycles. The maximum Gasteiger partial charge on any atom is 0.0739 e. The SMILES string of the molecule is CCCCCc1ccc(C#CC2=Cc3ccc(-c4ccc(N=C=S)cc4)cc3C2)c(CC)c1. The van der Waals surface area contributed by atoms with Gasteiger partial charge in [-0.2, -0.15) is 4.99 Å². The highest BCUT2D eigenvalue weighted by molar-refractivity contribution is 7.78. The van der Waals surface area contributed by atoms with Crippen molar-refractivity contribution in [2.45, 2.75) is 52.4 Å². The van der Waals surface area contributed by atoms with Crippen LogP contribution in [0.15, 0.2) is 71.2 Å². The van der Waals surface area contributed by atoms with Gasteiger partial charge in [0.25, 0.3) is 0 Å². The van der Waals surface area contributed by atoms with Crippen molar-refractivity contribution in [1.29, 1.82) is 0 Å². The highest BCUT2D eigenvalue weighted by atomic mass is 32.1. The van der Waals surface area contributed by atoms with Crippen LogP contribution in [0, 0.1) is 11.8 Å². The molecule has 0 aliphatic heterocycles. The number of unbranched alkanes of at least 4 members (excludes halogenated alkanes) is 2. The number of nitrogens with zero attached hydrogens (tertiary/aromatic N) is 1. The summed E-state index contributed by atoms with van der Waals surface area (Å²) in [6, 6.07) is 21.6. The monoisotopic (exact) mass is 447 g/mol. The van der Waals surface area contributed by atoms with E-state index >= 15 is 0 Å². The van der Waals surface area contributed by atoms with Crippen molar-refractivity contribution in [2.24, 2.45) is 4.99 Å². The fourth-order valence-corrected chi connectivity index (χ4v) is 4.43. The van der Waals surface area contributed by atoms with E-state index in [0.29, 0.717) is 0 Å². The van der Waals surface area contributed by atoms with E-state index in [-0.39, 0.29) is 0 Å². The molecule has 2 heteroatoms. The van der Waals surface area contributed by atoms with Crippen LogP contribution in [0.1, 0.15) is 60.9 Å². The normalized spacial score (nSPS) is 11.8. The van der Waals surface area contributed by atoms with Crippen molar-refractivity contribution in [2.75, 3.05) is 0 Å². The minimum Gasteiger partial charge on any atom is -0.195 e. The van der Waals surface area contributed by atoms with Crippen LogP contribution in [0.2, 0.25) is 0 Å². The molecule has 33 heavy (non-hydrogen) atoms. The van der Waals surface area contributed by atoms with E-state index in [1.807, 2.05) is 12.1 Å². The number of rotatable bonds is 7. The smallest absolute Gasteiger partial charge is 0.0739 e. The molecule has 0 unspecified atom stereocenters. The molecule has 3 aromatic rings. The van der Waals surface area contributed by atoms with E-state index in [1.54, 1.807) is 0 Å². The summed E-state index contributed by atoms with van der Waals surface area (Å²) in [5, 5.41) is 2.41. The second-order valence-electron chi connectivity index (χ2n) is 8.56. The molecule has 1 aliphatic rings. The van der Waals surface area contributed by atoms with Gasteiger partial charge in [0.2, 0.25) is 0 Å². The summed E-state index contributed by atoms with van der Waals surface area (Å²) in [4.78, 5) is 4.03. The molecule has 0 N–H and O–H groups in total. The first-order valence-corrected chi connectivity index (χ1v) is 12.3. The maximum absolute atomic E-state index is 4.68. The second kappa shape index (κ2) is 11.1. The third kappa shape index (κ3) is 5.77. The predicted octanol–water partition coefficient (Wildman–Crippen LogP) is 8.37. The Bertz CT molecular complexity index is 1280. The Hall–Kier alpha value is -3.24. The number of isothiocyanates is 1. The second-order valence-corrected chi connectivity index (χ2v) is 8.74. The number of thiocarbonyl (C=S) groups is 1. The van der Waals surface area contributed by atoms with Gasteiger partial charge >= 0.3 is 0 Å². The highest BCUT2D eigenvalue weighted by Crippen LogP contribution is 2.30. The summed E-state index contributed by atoms with van der Waals surface area (Å²) < 4.78 is 0. The average molecular weight is 448 g/mol. The third-order valence-electron chi connectivity index (χ3n) is 6.21. The average Bonchev–Trinajstić information content (AvgIpc) is 3.26. The maximum atomic E-state index is 4.68. The van der Waals surface area contributed by atoms with Gasteiger partial charge in [0.05, 0.1) is 10.8 Å². The summed E-state index contributed by atoms with van der Waals surface area (Å²) in [6.07, 6.45) is 9.13. The predicted molar refractivity (Wildman–Crippen MR) is 144 cm³/mol. The molecule has 0 aromatic heterocycles. The number of allylic oxidation sites excluding steroid dienone is 1. The number of hydrogen-bond acceptors (Lipinski definition) is 2. The number of fused-ring (bicyclic) bond motifs is 1. The van der Waals surface area contributed by atoms with Crippen LogP contribution in [-0.4, -0.2) is 5.16 Å². The first kappa shape index (κ1) is 22.9. The zero-order valence-electron chi connectivity index (χ0n) is 19.4. The quantitative estimate of drug-likeness (QED) is 0.153. The third-order valence-corrected chi connectivity index (χ3v) is 6.30. The van der Waals surface area contributed by atoms with E-state index in [0.717, 1.165) is 24.1 Å². The summed E-state index contributed by atoms with van der Waals surface area (Å²) in [5.41, 5.74) is 11.0. The Morgan fingerprint density at radius 1 is 0.879 bits per heavy atom. The van der Waals surface area contributed by atoms with E-state index in [4.69, 9.17) is 0 Å². The van der Waals surface area contributed by atoms with Gasteiger partial charge in [-0.1, -0.05) is 81.0 Å². The summed E-state index contributed by atoms with van der Waals surface area (Å²) in [5.74, 6) is 6.91. The lowest BCUT2D eigenvalue weighted by Gasteiger charge is -2.06. The Morgan fingerprint density at radius 2 is 1.70 bits per heavy atom. The van der Waals surface area contributed by atoms with Crippen LogP contribution in [0.5, 0.6) is 0 Å². The molecular weight excluding hydrogens is 418 g/mol. The molecule has 164 valence electrons. The lowest BCUT2D eigenvalue weighted by atomic mass is 9.98. The van der Waals surface area contributed by atoms with Crippen LogP contribution >= 0.6 is 12.2 Å². The highest BCUT2D eigenvalue weighted by Gasteiger charge is 2.12. The van der Waals surface area contributed by atoms with Gasteiger partial charge in [0.1, 0.15) is 0 Å². The van der Waals surface area contributed by atoms with Crippen LogP contribution in [0.25, 0.3) is 17.2 Å². The van der Waals surface area contributed by atoms with Crippen molar-refractivity contribution in [3.8, 4) is 23.0 Å². The topological polar surface area (TPSA) is 12.4 Å². The molecule has 0 saturated heterocycles. The fourth-order valence-electron chi connectivity index (χ4n) is 4.33. The van der Waals surface area contributed by atoms with Crippen molar-refractivity contribution >= 4 is 29.1 Å². The number of aliphatic imine (C=N–C) groups is 1. The Labute approximate surface area is 203 Å². The summed E-state index contributed by atoms with van der Waals surface area (Å²) in [7, 11) is 0. The van der Waals surface area contributed by atoms with E-state index < -0.39 is 0 Å². The standard InChI is InChI=1S/C31H29NS/c1-3-5-6-7-23-8-10-26(25(4-2)18-23)11-9-24-19-28-12-13-29(21-30(28)20-24)27-14-16-31(17-15-27)32-22-33/h8,10,12-19,21H,3-7,20H2,1-2H3. The van der Waals surface area contributed by atoms with Crippen molar-refractivity contribution in [1.82, 2.24) is 0 Å². The van der Waals surface area contributed by atoms with Crippen LogP contribution in [0.4, 0.5) is 5.69 Å². The van der Waals surface area contributed by atoms with Gasteiger partial charge in [-0.25, -0.2) is 0 Å². The van der Waals surface area contributed by atoms with Gasteiger partial charge in [-0.05, 0) is 89.1 Å². The van der Waals surface area contributed by atoms with Crippen LogP contribution < -0.4 is 0 Å². The summed E-state index contributed by atoms with van der Waals surface area (Å²) in [6.45, 7) is 4.47. The Morgan fingerprint density at radius 3 is 2.45 bits per heavy atom. The molecule has 0 heterocycles. The molecule has 0 amide bonds. The first-order chi connectivity index (χ1) is 16.2. The Balaban J connectivity index is 1.48. The molecule has 4 rings (SSSR count). The zero-order chi connectivity index (χ0) is 23.0. The molecule has 3 aromatic carbocycles. The molecule has 1 aliphatic carbocycles. The summed E-state index contributed by atoms with van der Waals surface area (Å²) >= 11 is 4.68. The minimum atomic E-state index is 0.828. The molecule has 0 spiro atoms. The number of hydrogen-bond donors (Lipinski definition) is 0. The minimum absolute atomic E-state index is 0.828. The molecule has 0 bridgehead atoms. The van der Waals surface area contributed by atoms with Gasteiger partial charge in [0, 0.05) is 17.6 Å². The van der Waals surface area contributed by atoms with Gasteiger partial charge < -0.3 is 0 Å². The largest absolute Gasteiger partial charge is 0.195 e. The molecule has 0 atom stereocenters. The van der Waals surface area contributed by atoms with Crippen molar-refractivity contribution in [3.63, 3.8) is 0 Å². The molecule has 0 radical (unpaired) electrons. The van der Waals surface area contributed by atoms with Gasteiger partial charge in [0.15, 0.2) is 0 Å². The van der Waals surface area contributed by atoms with E-state index in [1.165, 1.54) is 64.6 Å². The van der Waals surface area contributed by atoms with E-state index in [2.05, 4.69) is 103 Å². The molecular formula is C31H29NS. The number of benzene rings is 3.